The highest BCUT2D eigenvalue weighted by Gasteiger charge is 2.30. The first kappa shape index (κ1) is 21.8. The van der Waals surface area contributed by atoms with Crippen molar-refractivity contribution in [2.45, 2.75) is 65.0 Å². The summed E-state index contributed by atoms with van der Waals surface area (Å²) in [6.45, 7) is 11.9. The molecule has 4 heterocycles. The fourth-order valence-corrected chi connectivity index (χ4v) is 4.84. The molecule has 4 rings (SSSR count). The van der Waals surface area contributed by atoms with E-state index in [9.17, 15) is 0 Å². The third kappa shape index (κ3) is 4.98. The molecule has 0 saturated carbocycles. The van der Waals surface area contributed by atoms with Crippen molar-refractivity contribution in [2.75, 3.05) is 39.3 Å². The van der Waals surface area contributed by atoms with Crippen LogP contribution in [-0.4, -0.2) is 75.8 Å². The highest BCUT2D eigenvalue weighted by Crippen LogP contribution is 2.22. The number of guanidine groups is 1. The largest absolute Gasteiger partial charge is 0.357 e. The summed E-state index contributed by atoms with van der Waals surface area (Å²) in [4.78, 5) is 10.2. The fraction of sp³-hybridized carbons (Fsp3) is 0.850. The van der Waals surface area contributed by atoms with Crippen LogP contribution in [-0.2, 0) is 13.0 Å². The van der Waals surface area contributed by atoms with Gasteiger partial charge in [-0.1, -0.05) is 6.42 Å². The number of nitrogens with zero attached hydrogens (tertiary/aromatic N) is 6. The number of fused-ring (bicyclic) bond motifs is 1. The maximum absolute atomic E-state index is 5.04. The van der Waals surface area contributed by atoms with Gasteiger partial charge in [-0.25, -0.2) is 0 Å². The van der Waals surface area contributed by atoms with Crippen LogP contribution in [0.4, 0.5) is 0 Å². The molecular formula is C20H36IN7. The number of rotatable bonds is 4. The molecule has 0 radical (unpaired) electrons. The molecule has 2 fully saturated rings. The van der Waals surface area contributed by atoms with Crippen LogP contribution < -0.4 is 5.32 Å². The van der Waals surface area contributed by atoms with Crippen molar-refractivity contribution >= 4 is 29.9 Å². The zero-order valence-electron chi connectivity index (χ0n) is 17.4. The van der Waals surface area contributed by atoms with Crippen molar-refractivity contribution < 1.29 is 0 Å². The Hall–Kier alpha value is -0.900. The van der Waals surface area contributed by atoms with Gasteiger partial charge in [-0.05, 0) is 58.5 Å². The van der Waals surface area contributed by atoms with E-state index >= 15 is 0 Å². The minimum Gasteiger partial charge on any atom is -0.357 e. The number of hydrogen-bond acceptors (Lipinski definition) is 4. The van der Waals surface area contributed by atoms with E-state index in [-0.39, 0.29) is 24.0 Å². The lowest BCUT2D eigenvalue weighted by Crippen LogP contribution is -2.44. The summed E-state index contributed by atoms with van der Waals surface area (Å²) >= 11 is 0. The molecule has 2 atom stereocenters. The van der Waals surface area contributed by atoms with Gasteiger partial charge in [0.15, 0.2) is 5.96 Å². The van der Waals surface area contributed by atoms with Crippen molar-refractivity contribution in [1.29, 1.82) is 0 Å². The van der Waals surface area contributed by atoms with Gasteiger partial charge in [0.25, 0.3) is 0 Å². The van der Waals surface area contributed by atoms with Crippen molar-refractivity contribution in [2.24, 2.45) is 10.9 Å². The standard InChI is InChI=1S/C20H35N7.HI/c1-3-21-20(26-12-9-18(15-26)25-10-5-4-6-11-25)22-13-17-7-8-19-24-23-16(2)27(19)14-17;/h17-18H,3-15H2,1-2H3,(H,21,22);1H. The van der Waals surface area contributed by atoms with Gasteiger partial charge in [0, 0.05) is 45.2 Å². The molecule has 1 N–H and O–H groups in total. The first-order valence-corrected chi connectivity index (χ1v) is 10.9. The van der Waals surface area contributed by atoms with E-state index in [1.54, 1.807) is 0 Å². The van der Waals surface area contributed by atoms with E-state index in [0.29, 0.717) is 12.0 Å². The van der Waals surface area contributed by atoms with E-state index in [1.807, 2.05) is 0 Å². The number of halogens is 1. The molecule has 1 aromatic heterocycles. The predicted molar refractivity (Wildman–Crippen MR) is 123 cm³/mol. The van der Waals surface area contributed by atoms with Crippen LogP contribution in [0.5, 0.6) is 0 Å². The van der Waals surface area contributed by atoms with Crippen molar-refractivity contribution in [3.63, 3.8) is 0 Å². The lowest BCUT2D eigenvalue weighted by atomic mass is 9.99. The molecule has 3 aliphatic heterocycles. The summed E-state index contributed by atoms with van der Waals surface area (Å²) in [6.07, 6.45) is 7.62. The molecule has 2 saturated heterocycles. The van der Waals surface area contributed by atoms with Gasteiger partial charge in [-0.3, -0.25) is 9.89 Å². The van der Waals surface area contributed by atoms with Crippen molar-refractivity contribution in [3.05, 3.63) is 11.6 Å². The Bertz CT molecular complexity index is 653. The van der Waals surface area contributed by atoms with Crippen LogP contribution in [0.3, 0.4) is 0 Å². The van der Waals surface area contributed by atoms with Gasteiger partial charge in [0.05, 0.1) is 0 Å². The topological polar surface area (TPSA) is 61.6 Å². The van der Waals surface area contributed by atoms with Crippen LogP contribution >= 0.6 is 24.0 Å². The Balaban J connectivity index is 0.00000225. The van der Waals surface area contributed by atoms with Crippen molar-refractivity contribution in [1.82, 2.24) is 29.9 Å². The molecule has 158 valence electrons. The summed E-state index contributed by atoms with van der Waals surface area (Å²) in [7, 11) is 0. The molecule has 28 heavy (non-hydrogen) atoms. The number of aryl methyl sites for hydroxylation is 2. The van der Waals surface area contributed by atoms with Crippen molar-refractivity contribution in [3.8, 4) is 0 Å². The number of likely N-dealkylation sites (tertiary alicyclic amines) is 2. The maximum Gasteiger partial charge on any atom is 0.193 e. The van der Waals surface area contributed by atoms with Gasteiger partial charge in [0.1, 0.15) is 11.6 Å². The molecule has 0 amide bonds. The van der Waals surface area contributed by atoms with E-state index < -0.39 is 0 Å². The van der Waals surface area contributed by atoms with Crippen LogP contribution in [0.2, 0.25) is 0 Å². The first-order chi connectivity index (χ1) is 13.2. The number of aromatic nitrogens is 3. The quantitative estimate of drug-likeness (QED) is 0.390. The lowest BCUT2D eigenvalue weighted by Gasteiger charge is -2.32. The molecule has 0 aromatic carbocycles. The van der Waals surface area contributed by atoms with E-state index in [4.69, 9.17) is 4.99 Å². The lowest BCUT2D eigenvalue weighted by molar-refractivity contribution is 0.168. The molecule has 2 unspecified atom stereocenters. The van der Waals surface area contributed by atoms with Crippen LogP contribution in [0.1, 0.15) is 50.7 Å². The molecule has 3 aliphatic rings. The fourth-order valence-electron chi connectivity index (χ4n) is 4.84. The van der Waals surface area contributed by atoms with E-state index in [0.717, 1.165) is 63.2 Å². The SMILES string of the molecule is CCNC(=NCC1CCc2nnc(C)n2C1)N1CCC(N2CCCCC2)C1.I. The second-order valence-corrected chi connectivity index (χ2v) is 8.36. The van der Waals surface area contributed by atoms with E-state index in [2.05, 4.69) is 43.7 Å². The average Bonchev–Trinajstić information content (AvgIpc) is 3.33. The first-order valence-electron chi connectivity index (χ1n) is 10.9. The van der Waals surface area contributed by atoms with Gasteiger partial charge >= 0.3 is 0 Å². The van der Waals surface area contributed by atoms with E-state index in [1.165, 1.54) is 38.8 Å². The van der Waals surface area contributed by atoms with Crippen LogP contribution in [0.15, 0.2) is 4.99 Å². The molecule has 0 bridgehead atoms. The maximum atomic E-state index is 5.04. The normalized spacial score (nSPS) is 26.1. The minimum absolute atomic E-state index is 0. The van der Waals surface area contributed by atoms with Gasteiger partial charge in [-0.15, -0.1) is 34.2 Å². The molecule has 8 heteroatoms. The predicted octanol–water partition coefficient (Wildman–Crippen LogP) is 2.29. The minimum atomic E-state index is 0. The van der Waals surface area contributed by atoms with Crippen LogP contribution in [0, 0.1) is 12.8 Å². The Morgan fingerprint density at radius 3 is 2.71 bits per heavy atom. The van der Waals surface area contributed by atoms with Gasteiger partial charge in [-0.2, -0.15) is 0 Å². The number of nitrogens with one attached hydrogen (secondary N) is 1. The molecule has 7 nitrogen and oxygen atoms in total. The third-order valence-corrected chi connectivity index (χ3v) is 6.43. The summed E-state index contributed by atoms with van der Waals surface area (Å²) < 4.78 is 2.28. The zero-order chi connectivity index (χ0) is 18.6. The Labute approximate surface area is 186 Å². The molecular weight excluding hydrogens is 465 g/mol. The molecule has 0 spiro atoms. The third-order valence-electron chi connectivity index (χ3n) is 6.43. The summed E-state index contributed by atoms with van der Waals surface area (Å²) in [5.41, 5.74) is 0. The van der Waals surface area contributed by atoms with Gasteiger partial charge in [0.2, 0.25) is 0 Å². The number of aliphatic imine (C=N–C) groups is 1. The Morgan fingerprint density at radius 2 is 1.93 bits per heavy atom. The van der Waals surface area contributed by atoms with Crippen LogP contribution in [0.25, 0.3) is 0 Å². The average molecular weight is 501 g/mol. The summed E-state index contributed by atoms with van der Waals surface area (Å²) in [5, 5.41) is 12.0. The Morgan fingerprint density at radius 1 is 1.11 bits per heavy atom. The second kappa shape index (κ2) is 10.2. The molecule has 1 aromatic rings. The molecule has 0 aliphatic carbocycles. The highest BCUT2D eigenvalue weighted by atomic mass is 127. The smallest absolute Gasteiger partial charge is 0.193 e. The van der Waals surface area contributed by atoms with Gasteiger partial charge < -0.3 is 14.8 Å². The summed E-state index contributed by atoms with van der Waals surface area (Å²) in [6, 6.07) is 0.714. The highest BCUT2D eigenvalue weighted by molar-refractivity contribution is 14.0. The summed E-state index contributed by atoms with van der Waals surface area (Å²) in [5.74, 6) is 3.88. The zero-order valence-corrected chi connectivity index (χ0v) is 19.8. The number of hydrogen-bond donors (Lipinski definition) is 1. The second-order valence-electron chi connectivity index (χ2n) is 8.36. The number of piperidine rings is 1. The Kier molecular flexibility index (Phi) is 7.96. The monoisotopic (exact) mass is 501 g/mol.